The Morgan fingerprint density at radius 2 is 2.04 bits per heavy atom. The van der Waals surface area contributed by atoms with Crippen LogP contribution in [0.15, 0.2) is 36.9 Å². The summed E-state index contributed by atoms with van der Waals surface area (Å²) in [6, 6.07) is 2.23. The molecule has 3 heterocycles. The van der Waals surface area contributed by atoms with Crippen molar-refractivity contribution in [3.05, 3.63) is 48.2 Å². The van der Waals surface area contributed by atoms with Gasteiger partial charge in [0.2, 0.25) is 0 Å². The second kappa shape index (κ2) is 6.42. The van der Waals surface area contributed by atoms with Gasteiger partial charge in [-0.3, -0.25) is 9.78 Å². The van der Waals surface area contributed by atoms with Gasteiger partial charge in [0.05, 0.1) is 11.8 Å². The van der Waals surface area contributed by atoms with Gasteiger partial charge in [0.15, 0.2) is 0 Å². The first-order chi connectivity index (χ1) is 11.4. The maximum absolute atomic E-state index is 12.6. The van der Waals surface area contributed by atoms with Gasteiger partial charge >= 0.3 is 6.18 Å². The van der Waals surface area contributed by atoms with E-state index in [1.807, 2.05) is 4.90 Å². The van der Waals surface area contributed by atoms with Crippen LogP contribution in [-0.4, -0.2) is 40.0 Å². The fraction of sp³-hybridized carbons (Fsp3) is 0.333. The molecule has 1 fully saturated rings. The molecule has 126 valence electrons. The van der Waals surface area contributed by atoms with Crippen LogP contribution in [0.1, 0.15) is 22.5 Å². The molecule has 24 heavy (non-hydrogen) atoms. The van der Waals surface area contributed by atoms with Gasteiger partial charge < -0.3 is 10.2 Å². The topological polar surface area (TPSA) is 71.0 Å². The van der Waals surface area contributed by atoms with Crippen LogP contribution >= 0.6 is 0 Å². The maximum atomic E-state index is 12.6. The predicted molar refractivity (Wildman–Crippen MR) is 79.4 cm³/mol. The van der Waals surface area contributed by atoms with Crippen molar-refractivity contribution < 1.29 is 18.0 Å². The molecule has 0 saturated carbocycles. The highest BCUT2D eigenvalue weighted by molar-refractivity contribution is 5.92. The molecule has 0 aliphatic carbocycles. The SMILES string of the molecule is O=C(N[C@H]1CCN(c2ccc(C(F)(F)F)cn2)C1)c1cnccn1. The summed E-state index contributed by atoms with van der Waals surface area (Å²) in [6.07, 6.45) is 1.38. The number of nitrogens with one attached hydrogen (secondary N) is 1. The Bertz CT molecular complexity index is 705. The smallest absolute Gasteiger partial charge is 0.354 e. The predicted octanol–water partition coefficient (Wildman–Crippen LogP) is 1.90. The van der Waals surface area contributed by atoms with Gasteiger partial charge in [-0.25, -0.2) is 9.97 Å². The molecule has 9 heteroatoms. The molecule has 1 aliphatic heterocycles. The van der Waals surface area contributed by atoms with Crippen LogP contribution in [0.2, 0.25) is 0 Å². The van der Waals surface area contributed by atoms with Gasteiger partial charge in [-0.1, -0.05) is 0 Å². The molecular weight excluding hydrogens is 323 g/mol. The Labute approximate surface area is 135 Å². The van der Waals surface area contributed by atoms with E-state index in [9.17, 15) is 18.0 Å². The monoisotopic (exact) mass is 337 g/mol. The number of anilines is 1. The van der Waals surface area contributed by atoms with Gasteiger partial charge in [0, 0.05) is 37.7 Å². The van der Waals surface area contributed by atoms with E-state index in [1.54, 1.807) is 0 Å². The summed E-state index contributed by atoms with van der Waals surface area (Å²) < 4.78 is 37.7. The molecule has 0 aromatic carbocycles. The molecule has 0 spiro atoms. The Morgan fingerprint density at radius 3 is 2.67 bits per heavy atom. The minimum absolute atomic E-state index is 0.122. The summed E-state index contributed by atoms with van der Waals surface area (Å²) in [5.41, 5.74) is -0.554. The van der Waals surface area contributed by atoms with Crippen molar-refractivity contribution in [1.29, 1.82) is 0 Å². The summed E-state index contributed by atoms with van der Waals surface area (Å²) in [5.74, 6) is 0.134. The van der Waals surface area contributed by atoms with Crippen LogP contribution in [0.4, 0.5) is 19.0 Å². The highest BCUT2D eigenvalue weighted by Crippen LogP contribution is 2.29. The number of halogens is 3. The molecule has 3 rings (SSSR count). The maximum Gasteiger partial charge on any atom is 0.417 e. The number of pyridine rings is 1. The van der Waals surface area contributed by atoms with Crippen LogP contribution in [-0.2, 0) is 6.18 Å². The summed E-state index contributed by atoms with van der Waals surface area (Å²) >= 11 is 0. The molecule has 1 amide bonds. The van der Waals surface area contributed by atoms with E-state index in [0.717, 1.165) is 12.3 Å². The third-order valence-electron chi connectivity index (χ3n) is 3.72. The number of nitrogens with zero attached hydrogens (tertiary/aromatic N) is 4. The second-order valence-corrected chi connectivity index (χ2v) is 5.40. The van der Waals surface area contributed by atoms with Crippen molar-refractivity contribution in [1.82, 2.24) is 20.3 Å². The van der Waals surface area contributed by atoms with Crippen molar-refractivity contribution in [2.24, 2.45) is 0 Å². The minimum Gasteiger partial charge on any atom is -0.354 e. The average Bonchev–Trinajstić information content (AvgIpc) is 3.03. The van der Waals surface area contributed by atoms with Crippen LogP contribution in [0.25, 0.3) is 0 Å². The number of carbonyl (C=O) groups excluding carboxylic acids is 1. The second-order valence-electron chi connectivity index (χ2n) is 5.40. The van der Waals surface area contributed by atoms with Gasteiger partial charge in [0.25, 0.3) is 5.91 Å². The molecule has 0 bridgehead atoms. The third-order valence-corrected chi connectivity index (χ3v) is 3.72. The first-order valence-corrected chi connectivity index (χ1v) is 7.28. The Morgan fingerprint density at radius 1 is 1.21 bits per heavy atom. The molecule has 1 aliphatic rings. The molecule has 0 unspecified atom stereocenters. The first kappa shape index (κ1) is 16.2. The lowest BCUT2D eigenvalue weighted by Crippen LogP contribution is -2.37. The number of carbonyl (C=O) groups is 1. The fourth-order valence-corrected chi connectivity index (χ4v) is 2.50. The van der Waals surface area contributed by atoms with E-state index >= 15 is 0 Å². The standard InChI is InChI=1S/C15H14F3N5O/c16-15(17,18)10-1-2-13(21-7-10)23-6-3-11(9-23)22-14(24)12-8-19-4-5-20-12/h1-2,4-5,7-8,11H,3,6,9H2,(H,22,24)/t11-/m0/s1. The molecule has 1 saturated heterocycles. The van der Waals surface area contributed by atoms with E-state index in [-0.39, 0.29) is 17.6 Å². The van der Waals surface area contributed by atoms with Gasteiger partial charge in [-0.05, 0) is 18.6 Å². The molecule has 1 atom stereocenters. The van der Waals surface area contributed by atoms with Crippen molar-refractivity contribution >= 4 is 11.7 Å². The van der Waals surface area contributed by atoms with Crippen LogP contribution in [0.3, 0.4) is 0 Å². The van der Waals surface area contributed by atoms with E-state index in [2.05, 4.69) is 20.3 Å². The number of rotatable bonds is 3. The Kier molecular flexibility index (Phi) is 4.32. The fourth-order valence-electron chi connectivity index (χ4n) is 2.50. The molecule has 6 nitrogen and oxygen atoms in total. The molecular formula is C15H14F3N5O. The highest BCUT2D eigenvalue weighted by atomic mass is 19.4. The van der Waals surface area contributed by atoms with Gasteiger partial charge in [-0.15, -0.1) is 0 Å². The number of aromatic nitrogens is 3. The van der Waals surface area contributed by atoms with E-state index in [4.69, 9.17) is 0 Å². The normalized spacial score (nSPS) is 17.8. The average molecular weight is 337 g/mol. The zero-order valence-corrected chi connectivity index (χ0v) is 12.5. The lowest BCUT2D eigenvalue weighted by atomic mass is 10.2. The van der Waals surface area contributed by atoms with Crippen LogP contribution < -0.4 is 10.2 Å². The minimum atomic E-state index is -4.40. The number of hydrogen-bond acceptors (Lipinski definition) is 5. The Hall–Kier alpha value is -2.71. The van der Waals surface area contributed by atoms with Gasteiger partial charge in [0.1, 0.15) is 11.5 Å². The summed E-state index contributed by atoms with van der Waals surface area (Å²) in [6.45, 7) is 1.08. The van der Waals surface area contributed by atoms with Crippen molar-refractivity contribution in [2.45, 2.75) is 18.6 Å². The van der Waals surface area contributed by atoms with Crippen LogP contribution in [0.5, 0.6) is 0 Å². The molecule has 2 aromatic heterocycles. The third kappa shape index (κ3) is 3.61. The lowest BCUT2D eigenvalue weighted by molar-refractivity contribution is -0.137. The number of alkyl halides is 3. The summed E-state index contributed by atoms with van der Waals surface area (Å²) in [7, 11) is 0. The molecule has 0 radical (unpaired) electrons. The first-order valence-electron chi connectivity index (χ1n) is 7.28. The van der Waals surface area contributed by atoms with E-state index < -0.39 is 11.7 Å². The summed E-state index contributed by atoms with van der Waals surface area (Å²) in [5, 5.41) is 2.84. The van der Waals surface area contributed by atoms with Crippen molar-refractivity contribution in [2.75, 3.05) is 18.0 Å². The number of amides is 1. The largest absolute Gasteiger partial charge is 0.417 e. The lowest BCUT2D eigenvalue weighted by Gasteiger charge is -2.18. The molecule has 1 N–H and O–H groups in total. The van der Waals surface area contributed by atoms with Crippen molar-refractivity contribution in [3.8, 4) is 0 Å². The zero-order valence-electron chi connectivity index (χ0n) is 12.5. The highest BCUT2D eigenvalue weighted by Gasteiger charge is 2.31. The Balaban J connectivity index is 1.60. The van der Waals surface area contributed by atoms with Crippen molar-refractivity contribution in [3.63, 3.8) is 0 Å². The number of hydrogen-bond donors (Lipinski definition) is 1. The van der Waals surface area contributed by atoms with Gasteiger partial charge in [-0.2, -0.15) is 13.2 Å². The van der Waals surface area contributed by atoms with E-state index in [0.29, 0.717) is 25.3 Å². The van der Waals surface area contributed by atoms with Crippen LogP contribution in [0, 0.1) is 0 Å². The zero-order chi connectivity index (χ0) is 17.2. The quantitative estimate of drug-likeness (QED) is 0.926. The molecule has 2 aromatic rings. The van der Waals surface area contributed by atoms with E-state index in [1.165, 1.54) is 24.7 Å². The summed E-state index contributed by atoms with van der Waals surface area (Å²) in [4.78, 5) is 25.5.